The lowest BCUT2D eigenvalue weighted by atomic mass is 9.71. The first-order valence-electron chi connectivity index (χ1n) is 7.57. The number of nitriles is 1. The van der Waals surface area contributed by atoms with Crippen LogP contribution in [0.4, 0.5) is 0 Å². The second kappa shape index (κ2) is 5.62. The zero-order valence-corrected chi connectivity index (χ0v) is 13.4. The van der Waals surface area contributed by atoms with Gasteiger partial charge in [0.2, 0.25) is 10.0 Å². The Morgan fingerprint density at radius 1 is 1.39 bits per heavy atom. The monoisotopic (exact) mass is 334 g/mol. The highest BCUT2D eigenvalue weighted by atomic mass is 32.2. The van der Waals surface area contributed by atoms with Crippen LogP contribution in [0.3, 0.4) is 0 Å². The van der Waals surface area contributed by atoms with E-state index in [1.165, 1.54) is 4.31 Å². The minimum Gasteiger partial charge on any atom is -0.481 e. The molecule has 0 unspecified atom stereocenters. The molecule has 2 aliphatic heterocycles. The van der Waals surface area contributed by atoms with Gasteiger partial charge in [-0.1, -0.05) is 18.2 Å². The van der Waals surface area contributed by atoms with Crippen molar-refractivity contribution in [3.8, 4) is 6.07 Å². The molecule has 2 bridgehead atoms. The maximum atomic E-state index is 12.8. The summed E-state index contributed by atoms with van der Waals surface area (Å²) in [6.07, 6.45) is 1.84. The van der Waals surface area contributed by atoms with Crippen LogP contribution in [0.25, 0.3) is 0 Å². The highest BCUT2D eigenvalue weighted by Crippen LogP contribution is 2.54. The van der Waals surface area contributed by atoms with Crippen LogP contribution >= 0.6 is 0 Å². The third-order valence-corrected chi connectivity index (χ3v) is 6.79. The molecule has 3 fully saturated rings. The molecule has 122 valence electrons. The smallest absolute Gasteiger partial charge is 0.303 e. The van der Waals surface area contributed by atoms with Gasteiger partial charge in [-0.05, 0) is 36.8 Å². The van der Waals surface area contributed by atoms with Crippen molar-refractivity contribution in [3.05, 3.63) is 35.4 Å². The van der Waals surface area contributed by atoms with Crippen molar-refractivity contribution >= 4 is 16.0 Å². The summed E-state index contributed by atoms with van der Waals surface area (Å²) in [4.78, 5) is 10.8. The van der Waals surface area contributed by atoms with E-state index >= 15 is 0 Å². The minimum absolute atomic E-state index is 0.0203. The van der Waals surface area contributed by atoms with Gasteiger partial charge in [-0.3, -0.25) is 4.79 Å². The highest BCUT2D eigenvalue weighted by Gasteiger charge is 2.59. The standard InChI is InChI=1S/C16H18N2O4S/c17-9-13-3-1-2-4-14(13)11-23(21,22)18-10-12-7-16(18,8-12)6-5-15(19)20/h1-4,12H,5-8,10-11H2,(H,19,20). The summed E-state index contributed by atoms with van der Waals surface area (Å²) in [5.74, 6) is -0.773. The third-order valence-electron chi connectivity index (χ3n) is 4.91. The Labute approximate surface area is 135 Å². The van der Waals surface area contributed by atoms with Crippen LogP contribution in [0.2, 0.25) is 0 Å². The Kier molecular flexibility index (Phi) is 3.90. The summed E-state index contributed by atoms with van der Waals surface area (Å²) in [5, 5.41) is 18.0. The number of hydrogen-bond acceptors (Lipinski definition) is 4. The zero-order valence-electron chi connectivity index (χ0n) is 12.6. The molecule has 0 atom stereocenters. The van der Waals surface area contributed by atoms with E-state index in [0.29, 0.717) is 30.0 Å². The molecule has 1 N–H and O–H groups in total. The largest absolute Gasteiger partial charge is 0.481 e. The first-order chi connectivity index (χ1) is 10.9. The molecule has 2 heterocycles. The van der Waals surface area contributed by atoms with Crippen molar-refractivity contribution in [2.75, 3.05) is 6.54 Å². The lowest BCUT2D eigenvalue weighted by Gasteiger charge is -2.41. The molecule has 1 aromatic rings. The van der Waals surface area contributed by atoms with Crippen molar-refractivity contribution in [2.45, 2.75) is 37.0 Å². The van der Waals surface area contributed by atoms with Crippen molar-refractivity contribution in [1.82, 2.24) is 4.31 Å². The summed E-state index contributed by atoms with van der Waals surface area (Å²) in [7, 11) is -3.57. The molecular formula is C16H18N2O4S. The van der Waals surface area contributed by atoms with Gasteiger partial charge in [0.25, 0.3) is 0 Å². The molecule has 0 radical (unpaired) electrons. The van der Waals surface area contributed by atoms with Gasteiger partial charge in [0.1, 0.15) is 0 Å². The summed E-state index contributed by atoms with van der Waals surface area (Å²) < 4.78 is 27.2. The lowest BCUT2D eigenvalue weighted by molar-refractivity contribution is -0.137. The molecule has 4 rings (SSSR count). The van der Waals surface area contributed by atoms with Crippen LogP contribution in [-0.2, 0) is 20.6 Å². The van der Waals surface area contributed by atoms with E-state index in [0.717, 1.165) is 12.8 Å². The van der Waals surface area contributed by atoms with Gasteiger partial charge in [0.15, 0.2) is 0 Å². The summed E-state index contributed by atoms with van der Waals surface area (Å²) in [5.41, 5.74) is 0.332. The molecule has 7 heteroatoms. The predicted octanol–water partition coefficient (Wildman–Crippen LogP) is 1.72. The fourth-order valence-corrected chi connectivity index (χ4v) is 5.95. The Bertz CT molecular complexity index is 776. The van der Waals surface area contributed by atoms with Gasteiger partial charge in [0, 0.05) is 18.5 Å². The van der Waals surface area contributed by atoms with Crippen LogP contribution in [0, 0.1) is 17.2 Å². The van der Waals surface area contributed by atoms with Crippen LogP contribution in [0.1, 0.15) is 36.8 Å². The van der Waals surface area contributed by atoms with Crippen molar-refractivity contribution in [1.29, 1.82) is 5.26 Å². The van der Waals surface area contributed by atoms with Crippen LogP contribution in [-0.4, -0.2) is 35.9 Å². The molecule has 1 aliphatic carbocycles. The van der Waals surface area contributed by atoms with E-state index in [1.54, 1.807) is 24.3 Å². The first kappa shape index (κ1) is 16.0. The fourth-order valence-electron chi connectivity index (χ4n) is 3.88. The van der Waals surface area contributed by atoms with Gasteiger partial charge in [-0.15, -0.1) is 0 Å². The number of aliphatic carboxylic acids is 1. The molecule has 2 saturated heterocycles. The number of carbonyl (C=O) groups is 1. The molecule has 23 heavy (non-hydrogen) atoms. The fraction of sp³-hybridized carbons (Fsp3) is 0.500. The topological polar surface area (TPSA) is 98.5 Å². The summed E-state index contributed by atoms with van der Waals surface area (Å²) >= 11 is 0. The van der Waals surface area contributed by atoms with E-state index in [9.17, 15) is 13.2 Å². The number of carboxylic acid groups (broad SMARTS) is 1. The average molecular weight is 334 g/mol. The Morgan fingerprint density at radius 2 is 2.09 bits per heavy atom. The van der Waals surface area contributed by atoms with Crippen molar-refractivity contribution in [3.63, 3.8) is 0 Å². The number of hydrogen-bond donors (Lipinski definition) is 1. The average Bonchev–Trinajstić information content (AvgIpc) is 3.01. The molecule has 1 saturated carbocycles. The number of nitrogens with zero attached hydrogens (tertiary/aromatic N) is 2. The molecule has 0 aromatic heterocycles. The van der Waals surface area contributed by atoms with Crippen LogP contribution in [0.15, 0.2) is 24.3 Å². The number of fused-ring (bicyclic) bond motifs is 1. The Hall–Kier alpha value is -1.91. The lowest BCUT2D eigenvalue weighted by Crippen LogP contribution is -2.48. The van der Waals surface area contributed by atoms with Crippen molar-refractivity contribution in [2.24, 2.45) is 5.92 Å². The number of rotatable bonds is 6. The van der Waals surface area contributed by atoms with Crippen molar-refractivity contribution < 1.29 is 18.3 Å². The van der Waals surface area contributed by atoms with E-state index in [1.807, 2.05) is 6.07 Å². The Morgan fingerprint density at radius 3 is 2.74 bits per heavy atom. The SMILES string of the molecule is N#Cc1ccccc1CS(=O)(=O)N1CC2CC1(CCC(=O)O)C2. The molecule has 0 spiro atoms. The number of sulfonamides is 1. The summed E-state index contributed by atoms with van der Waals surface area (Å²) in [6.45, 7) is 0.469. The van der Waals surface area contributed by atoms with Gasteiger partial charge < -0.3 is 5.11 Å². The molecule has 3 aliphatic rings. The number of carboxylic acids is 1. The molecular weight excluding hydrogens is 316 g/mol. The maximum Gasteiger partial charge on any atom is 0.303 e. The molecule has 6 nitrogen and oxygen atoms in total. The van der Waals surface area contributed by atoms with Gasteiger partial charge >= 0.3 is 5.97 Å². The van der Waals surface area contributed by atoms with Crippen LogP contribution in [0.5, 0.6) is 0 Å². The van der Waals surface area contributed by atoms with E-state index in [2.05, 4.69) is 0 Å². The maximum absolute atomic E-state index is 12.8. The molecule has 0 amide bonds. The quantitative estimate of drug-likeness (QED) is 0.854. The van der Waals surface area contributed by atoms with Gasteiger partial charge in [-0.2, -0.15) is 9.57 Å². The van der Waals surface area contributed by atoms with Gasteiger partial charge in [-0.25, -0.2) is 8.42 Å². The normalized spacial score (nSPS) is 26.5. The Balaban J connectivity index is 1.82. The zero-order chi connectivity index (χ0) is 16.7. The van der Waals surface area contributed by atoms with E-state index < -0.39 is 21.5 Å². The van der Waals surface area contributed by atoms with E-state index in [-0.39, 0.29) is 12.2 Å². The summed E-state index contributed by atoms with van der Waals surface area (Å²) in [6, 6.07) is 8.70. The highest BCUT2D eigenvalue weighted by molar-refractivity contribution is 7.88. The molecule has 1 aromatic carbocycles. The van der Waals surface area contributed by atoms with Gasteiger partial charge in [0.05, 0.1) is 17.4 Å². The predicted molar refractivity (Wildman–Crippen MR) is 82.8 cm³/mol. The second-order valence-corrected chi connectivity index (χ2v) is 8.34. The van der Waals surface area contributed by atoms with Crippen LogP contribution < -0.4 is 0 Å². The number of benzene rings is 1. The first-order valence-corrected chi connectivity index (χ1v) is 9.17. The second-order valence-electron chi connectivity index (χ2n) is 6.45. The van der Waals surface area contributed by atoms with E-state index in [4.69, 9.17) is 10.4 Å². The minimum atomic E-state index is -3.57. The third kappa shape index (κ3) is 2.84.